The van der Waals surface area contributed by atoms with Crippen LogP contribution in [0, 0.1) is 0 Å². The molecule has 26 heavy (non-hydrogen) atoms. The molecule has 10 heteroatoms. The van der Waals surface area contributed by atoms with Crippen molar-refractivity contribution >= 4 is 34.4 Å². The quantitative estimate of drug-likeness (QED) is 0.565. The highest BCUT2D eigenvalue weighted by Crippen LogP contribution is 2.30. The van der Waals surface area contributed by atoms with Crippen LogP contribution in [0.25, 0.3) is 28.1 Å². The molecule has 0 saturated carbocycles. The van der Waals surface area contributed by atoms with Crippen molar-refractivity contribution in [2.45, 2.75) is 0 Å². The average molecular weight is 387 g/mol. The fourth-order valence-corrected chi connectivity index (χ4v) is 2.97. The van der Waals surface area contributed by atoms with Crippen LogP contribution < -0.4 is 11.2 Å². The second-order valence-electron chi connectivity index (χ2n) is 5.19. The minimum absolute atomic E-state index is 0.00632. The van der Waals surface area contributed by atoms with Gasteiger partial charge in [0.1, 0.15) is 11.5 Å². The molecule has 3 aromatic heterocycles. The largest absolute Gasteiger partial charge is 0.334 e. The summed E-state index contributed by atoms with van der Waals surface area (Å²) in [5.74, 6) is 0. The second kappa shape index (κ2) is 6.32. The zero-order valence-corrected chi connectivity index (χ0v) is 14.4. The Morgan fingerprint density at radius 2 is 1.92 bits per heavy atom. The maximum absolute atomic E-state index is 12.8. The van der Waals surface area contributed by atoms with Gasteiger partial charge in [0.15, 0.2) is 11.2 Å². The summed E-state index contributed by atoms with van der Waals surface area (Å²) in [6, 6.07) is 6.63. The summed E-state index contributed by atoms with van der Waals surface area (Å²) >= 11 is 12.2. The molecular formula is C16H8Cl2N6O2. The van der Waals surface area contributed by atoms with Gasteiger partial charge in [-0.2, -0.15) is 0 Å². The molecule has 0 saturated heterocycles. The third kappa shape index (κ3) is 2.65. The van der Waals surface area contributed by atoms with E-state index in [1.54, 1.807) is 30.5 Å². The van der Waals surface area contributed by atoms with Crippen LogP contribution in [-0.2, 0) is 0 Å². The molecule has 128 valence electrons. The molecular weight excluding hydrogens is 379 g/mol. The van der Waals surface area contributed by atoms with Crippen LogP contribution in [0.4, 0.5) is 0 Å². The Hall–Kier alpha value is -3.10. The molecule has 4 aromatic rings. The van der Waals surface area contributed by atoms with Crippen LogP contribution in [0.1, 0.15) is 0 Å². The number of hydrogen-bond donors (Lipinski definition) is 1. The Balaban J connectivity index is 2.01. The highest BCUT2D eigenvalue weighted by Gasteiger charge is 2.17. The number of fused-ring (bicyclic) bond motifs is 1. The van der Waals surface area contributed by atoms with Gasteiger partial charge in [-0.3, -0.25) is 9.78 Å². The minimum Gasteiger partial charge on any atom is -0.289 e. The van der Waals surface area contributed by atoms with Crippen LogP contribution >= 0.6 is 23.2 Å². The van der Waals surface area contributed by atoms with Gasteiger partial charge in [0.05, 0.1) is 22.6 Å². The lowest BCUT2D eigenvalue weighted by Crippen LogP contribution is -2.34. The number of rotatable bonds is 2. The van der Waals surface area contributed by atoms with Gasteiger partial charge in [0, 0.05) is 11.8 Å². The summed E-state index contributed by atoms with van der Waals surface area (Å²) in [6.07, 6.45) is 4.18. The van der Waals surface area contributed by atoms with Crippen LogP contribution in [-0.4, -0.2) is 29.5 Å². The Bertz CT molecular complexity index is 1250. The Morgan fingerprint density at radius 1 is 1.08 bits per heavy atom. The molecule has 0 aliphatic rings. The first-order valence-corrected chi connectivity index (χ1v) is 8.04. The second-order valence-corrected chi connectivity index (χ2v) is 5.96. The van der Waals surface area contributed by atoms with Gasteiger partial charge in [0.25, 0.3) is 5.56 Å². The van der Waals surface area contributed by atoms with Crippen LogP contribution in [0.5, 0.6) is 0 Å². The first-order chi connectivity index (χ1) is 12.6. The zero-order valence-electron chi connectivity index (χ0n) is 12.8. The van der Waals surface area contributed by atoms with E-state index in [9.17, 15) is 9.59 Å². The van der Waals surface area contributed by atoms with E-state index in [4.69, 9.17) is 23.2 Å². The number of H-pyrrole nitrogens is 1. The van der Waals surface area contributed by atoms with E-state index in [1.165, 1.54) is 12.5 Å². The van der Waals surface area contributed by atoms with E-state index in [-0.39, 0.29) is 27.0 Å². The summed E-state index contributed by atoms with van der Waals surface area (Å²) in [4.78, 5) is 43.6. The number of benzene rings is 1. The Kier molecular flexibility index (Phi) is 3.98. The SMILES string of the molecule is O=c1[nH]c2nc(Cl)cnc2c(=O)n1-c1cccc(-c2ccncn2)c1Cl. The first-order valence-electron chi connectivity index (χ1n) is 7.29. The molecule has 0 aliphatic carbocycles. The van der Waals surface area contributed by atoms with E-state index in [2.05, 4.69) is 24.9 Å². The molecule has 0 unspecified atom stereocenters. The lowest BCUT2D eigenvalue weighted by atomic mass is 10.1. The molecule has 0 fully saturated rings. The van der Waals surface area contributed by atoms with Crippen LogP contribution in [0.15, 0.2) is 52.6 Å². The van der Waals surface area contributed by atoms with Crippen molar-refractivity contribution in [1.29, 1.82) is 0 Å². The number of hydrogen-bond acceptors (Lipinski definition) is 6. The van der Waals surface area contributed by atoms with Gasteiger partial charge in [0.2, 0.25) is 0 Å². The molecule has 1 N–H and O–H groups in total. The molecule has 3 heterocycles. The number of aromatic amines is 1. The lowest BCUT2D eigenvalue weighted by Gasteiger charge is -2.11. The van der Waals surface area contributed by atoms with Gasteiger partial charge in [-0.15, -0.1) is 0 Å². The molecule has 0 aliphatic heterocycles. The summed E-state index contributed by atoms with van der Waals surface area (Å²) < 4.78 is 0.901. The van der Waals surface area contributed by atoms with Crippen molar-refractivity contribution in [3.63, 3.8) is 0 Å². The van der Waals surface area contributed by atoms with Crippen molar-refractivity contribution in [3.8, 4) is 16.9 Å². The molecule has 0 radical (unpaired) electrons. The topological polar surface area (TPSA) is 106 Å². The number of nitrogens with zero attached hydrogens (tertiary/aromatic N) is 5. The van der Waals surface area contributed by atoms with Crippen molar-refractivity contribution in [2.75, 3.05) is 0 Å². The van der Waals surface area contributed by atoms with E-state index < -0.39 is 11.2 Å². The van der Waals surface area contributed by atoms with Gasteiger partial charge in [-0.05, 0) is 12.1 Å². The Morgan fingerprint density at radius 3 is 2.69 bits per heavy atom. The normalized spacial score (nSPS) is 11.0. The fourth-order valence-electron chi connectivity index (χ4n) is 2.53. The first kappa shape index (κ1) is 16.4. The van der Waals surface area contributed by atoms with Crippen molar-refractivity contribution in [3.05, 3.63) is 74.0 Å². The third-order valence-corrected chi connectivity index (χ3v) is 4.23. The van der Waals surface area contributed by atoms with E-state index in [0.29, 0.717) is 11.3 Å². The smallest absolute Gasteiger partial charge is 0.289 e. The molecule has 0 atom stereocenters. The highest BCUT2D eigenvalue weighted by molar-refractivity contribution is 6.35. The van der Waals surface area contributed by atoms with Crippen molar-refractivity contribution in [2.24, 2.45) is 0 Å². The van der Waals surface area contributed by atoms with Gasteiger partial charge in [-0.1, -0.05) is 35.3 Å². The molecule has 1 aromatic carbocycles. The number of aromatic nitrogens is 6. The maximum Gasteiger partial charge on any atom is 0.334 e. The highest BCUT2D eigenvalue weighted by atomic mass is 35.5. The molecule has 4 rings (SSSR count). The van der Waals surface area contributed by atoms with Gasteiger partial charge >= 0.3 is 5.69 Å². The fraction of sp³-hybridized carbons (Fsp3) is 0. The average Bonchev–Trinajstić information content (AvgIpc) is 2.63. The summed E-state index contributed by atoms with van der Waals surface area (Å²) in [7, 11) is 0. The Labute approximate surface area is 155 Å². The molecule has 0 amide bonds. The van der Waals surface area contributed by atoms with E-state index in [1.807, 2.05) is 0 Å². The van der Waals surface area contributed by atoms with Gasteiger partial charge in [-0.25, -0.2) is 29.3 Å². The summed E-state index contributed by atoms with van der Waals surface area (Å²) in [5.41, 5.74) is -0.0729. The van der Waals surface area contributed by atoms with Crippen molar-refractivity contribution in [1.82, 2.24) is 29.5 Å². The summed E-state index contributed by atoms with van der Waals surface area (Å²) in [6.45, 7) is 0. The predicted octanol–water partition coefficient (Wildman–Crippen LogP) is 2.23. The molecule has 8 nitrogen and oxygen atoms in total. The standard InChI is InChI=1S/C16H8Cl2N6O2/c17-11-6-20-13-14(22-11)23-16(26)24(15(13)25)10-3-1-2-8(12(10)18)9-4-5-19-7-21-9/h1-7H,(H,22,23,26). The van der Waals surface area contributed by atoms with Crippen LogP contribution in [0.3, 0.4) is 0 Å². The summed E-state index contributed by atoms with van der Waals surface area (Å²) in [5, 5.41) is 0.258. The number of halogens is 2. The van der Waals surface area contributed by atoms with Crippen molar-refractivity contribution < 1.29 is 0 Å². The zero-order chi connectivity index (χ0) is 18.3. The molecule has 0 spiro atoms. The van der Waals surface area contributed by atoms with Crippen LogP contribution in [0.2, 0.25) is 10.2 Å². The molecule has 0 bridgehead atoms. The third-order valence-electron chi connectivity index (χ3n) is 3.65. The monoisotopic (exact) mass is 386 g/mol. The maximum atomic E-state index is 12.8. The van der Waals surface area contributed by atoms with E-state index in [0.717, 1.165) is 4.57 Å². The van der Waals surface area contributed by atoms with Gasteiger partial charge < -0.3 is 0 Å². The minimum atomic E-state index is -0.708. The van der Waals surface area contributed by atoms with E-state index >= 15 is 0 Å². The lowest BCUT2D eigenvalue weighted by molar-refractivity contribution is 0.888. The predicted molar refractivity (Wildman–Crippen MR) is 96.8 cm³/mol. The number of nitrogens with one attached hydrogen (secondary N) is 1.